The number of halogens is 3. The van der Waals surface area contributed by atoms with Gasteiger partial charge in [-0.15, -0.1) is 15.0 Å². The van der Waals surface area contributed by atoms with Crippen LogP contribution in [0.1, 0.15) is 5.56 Å². The first-order valence-corrected chi connectivity index (χ1v) is 4.98. The Morgan fingerprint density at radius 2 is 2.00 bits per heavy atom. The zero-order valence-corrected chi connectivity index (χ0v) is 8.81. The Hall–Kier alpha value is -2.38. The topological polar surface area (TPSA) is 59.4 Å². The molecule has 0 saturated carbocycles. The number of nitrogens with zero attached hydrogens (tertiary/aromatic N) is 4. The van der Waals surface area contributed by atoms with E-state index in [9.17, 15) is 13.2 Å². The van der Waals surface area contributed by atoms with Crippen LogP contribution in [0, 0.1) is 0 Å². The summed E-state index contributed by atoms with van der Waals surface area (Å²) in [6, 6.07) is 4.79. The molecule has 3 aromatic rings. The molecule has 2 heterocycles. The maximum absolute atomic E-state index is 12.6. The van der Waals surface area contributed by atoms with Crippen LogP contribution in [0.5, 0.6) is 0 Å². The number of hydrogen-bond acceptors (Lipinski definition) is 3. The molecule has 1 N–H and O–H groups in total. The van der Waals surface area contributed by atoms with Crippen molar-refractivity contribution in [3.8, 4) is 5.69 Å². The summed E-state index contributed by atoms with van der Waals surface area (Å²) >= 11 is 0. The van der Waals surface area contributed by atoms with Gasteiger partial charge in [0.1, 0.15) is 0 Å². The number of hydrogen-bond donors (Lipinski definition) is 1. The van der Waals surface area contributed by atoms with Crippen molar-refractivity contribution in [2.24, 2.45) is 0 Å². The van der Waals surface area contributed by atoms with Crippen molar-refractivity contribution < 1.29 is 13.2 Å². The van der Waals surface area contributed by atoms with Crippen molar-refractivity contribution in [3.63, 3.8) is 0 Å². The fraction of sp³-hybridized carbons (Fsp3) is 0.100. The van der Waals surface area contributed by atoms with Crippen LogP contribution in [-0.2, 0) is 6.18 Å². The number of benzene rings is 1. The molecule has 0 spiro atoms. The highest BCUT2D eigenvalue weighted by Gasteiger charge is 2.30. The van der Waals surface area contributed by atoms with Gasteiger partial charge in [-0.1, -0.05) is 6.07 Å². The minimum absolute atomic E-state index is 0.233. The van der Waals surface area contributed by atoms with Crippen molar-refractivity contribution in [3.05, 3.63) is 36.2 Å². The lowest BCUT2D eigenvalue weighted by molar-refractivity contribution is -0.137. The summed E-state index contributed by atoms with van der Waals surface area (Å²) in [6.07, 6.45) is -2.97. The zero-order chi connectivity index (χ0) is 12.8. The lowest BCUT2D eigenvalue weighted by Gasteiger charge is -2.07. The van der Waals surface area contributed by atoms with Crippen LogP contribution in [0.4, 0.5) is 13.2 Å². The molecule has 5 nitrogen and oxygen atoms in total. The molecule has 0 radical (unpaired) electrons. The van der Waals surface area contributed by atoms with Gasteiger partial charge in [-0.3, -0.25) is 0 Å². The smallest absolute Gasteiger partial charge is 0.326 e. The van der Waals surface area contributed by atoms with Crippen LogP contribution < -0.4 is 0 Å². The number of aromatic nitrogens is 5. The van der Waals surface area contributed by atoms with Crippen molar-refractivity contribution in [2.45, 2.75) is 6.18 Å². The Bertz CT molecular complexity index is 668. The molecule has 0 amide bonds. The van der Waals surface area contributed by atoms with E-state index in [4.69, 9.17) is 0 Å². The Balaban J connectivity index is 2.09. The summed E-state index contributed by atoms with van der Waals surface area (Å²) in [5.41, 5.74) is 0.268. The fourth-order valence-corrected chi connectivity index (χ4v) is 1.56. The second-order valence-corrected chi connectivity index (χ2v) is 3.61. The number of nitrogens with one attached hydrogen (secondary N) is 1. The second-order valence-electron chi connectivity index (χ2n) is 3.61. The van der Waals surface area contributed by atoms with Crippen LogP contribution in [-0.4, -0.2) is 25.0 Å². The minimum atomic E-state index is -4.39. The van der Waals surface area contributed by atoms with Crippen molar-refractivity contribution >= 4 is 11.3 Å². The van der Waals surface area contributed by atoms with Gasteiger partial charge >= 0.3 is 6.18 Å². The molecule has 0 bridgehead atoms. The first-order valence-electron chi connectivity index (χ1n) is 4.98. The molecule has 18 heavy (non-hydrogen) atoms. The molecule has 3 rings (SSSR count). The van der Waals surface area contributed by atoms with Crippen molar-refractivity contribution in [1.82, 2.24) is 25.0 Å². The van der Waals surface area contributed by atoms with Gasteiger partial charge in [0, 0.05) is 0 Å². The summed E-state index contributed by atoms with van der Waals surface area (Å²) in [5, 5.41) is 7.95. The van der Waals surface area contributed by atoms with Crippen LogP contribution >= 0.6 is 0 Å². The van der Waals surface area contributed by atoms with E-state index in [1.165, 1.54) is 18.5 Å². The van der Waals surface area contributed by atoms with E-state index in [0.717, 1.165) is 16.9 Å². The monoisotopic (exact) mass is 253 g/mol. The third-order valence-electron chi connectivity index (χ3n) is 2.39. The summed E-state index contributed by atoms with van der Waals surface area (Å²) < 4.78 is 37.7. The molecule has 0 saturated heterocycles. The van der Waals surface area contributed by atoms with Crippen molar-refractivity contribution in [1.29, 1.82) is 0 Å². The number of fused-ring (bicyclic) bond motifs is 1. The first-order chi connectivity index (χ1) is 8.54. The zero-order valence-electron chi connectivity index (χ0n) is 8.81. The van der Waals surface area contributed by atoms with E-state index in [0.29, 0.717) is 11.3 Å². The number of alkyl halides is 3. The number of imidazole rings is 1. The van der Waals surface area contributed by atoms with E-state index in [1.807, 2.05) is 0 Å². The molecular weight excluding hydrogens is 247 g/mol. The highest BCUT2D eigenvalue weighted by molar-refractivity contribution is 5.63. The average molecular weight is 253 g/mol. The molecule has 0 aliphatic rings. The lowest BCUT2D eigenvalue weighted by atomic mass is 10.2. The SMILES string of the molecule is FC(F)(F)c1cccc(-n2nc3nc[nH]c3n2)c1. The molecule has 92 valence electrons. The minimum Gasteiger partial charge on any atom is -0.326 e. The summed E-state index contributed by atoms with van der Waals surface area (Å²) in [6.45, 7) is 0. The molecule has 0 unspecified atom stereocenters. The molecule has 1 aromatic carbocycles. The quantitative estimate of drug-likeness (QED) is 0.723. The van der Waals surface area contributed by atoms with Gasteiger partial charge in [0.05, 0.1) is 17.6 Å². The van der Waals surface area contributed by atoms with Gasteiger partial charge in [-0.05, 0) is 18.2 Å². The Labute approximate surface area is 98.3 Å². The van der Waals surface area contributed by atoms with E-state index >= 15 is 0 Å². The van der Waals surface area contributed by atoms with Gasteiger partial charge in [-0.2, -0.15) is 13.2 Å². The largest absolute Gasteiger partial charge is 0.416 e. The normalized spacial score (nSPS) is 12.2. The van der Waals surface area contributed by atoms with Gasteiger partial charge in [0.15, 0.2) is 0 Å². The predicted octanol–water partition coefficient (Wildman–Crippen LogP) is 2.16. The van der Waals surface area contributed by atoms with Gasteiger partial charge in [0.25, 0.3) is 0 Å². The van der Waals surface area contributed by atoms with Crippen LogP contribution in [0.3, 0.4) is 0 Å². The van der Waals surface area contributed by atoms with Crippen LogP contribution in [0.25, 0.3) is 17.0 Å². The van der Waals surface area contributed by atoms with Crippen molar-refractivity contribution in [2.75, 3.05) is 0 Å². The molecule has 0 fully saturated rings. The Kier molecular flexibility index (Phi) is 2.12. The van der Waals surface area contributed by atoms with E-state index < -0.39 is 11.7 Å². The van der Waals surface area contributed by atoms with Crippen LogP contribution in [0.2, 0.25) is 0 Å². The Morgan fingerprint density at radius 3 is 2.72 bits per heavy atom. The first kappa shape index (κ1) is 10.8. The summed E-state index contributed by atoms with van der Waals surface area (Å²) in [5.74, 6) is 0. The third-order valence-corrected chi connectivity index (χ3v) is 2.39. The van der Waals surface area contributed by atoms with E-state index in [1.54, 1.807) is 0 Å². The average Bonchev–Trinajstić information content (AvgIpc) is 2.88. The van der Waals surface area contributed by atoms with E-state index in [-0.39, 0.29) is 5.69 Å². The number of rotatable bonds is 1. The summed E-state index contributed by atoms with van der Waals surface area (Å²) in [7, 11) is 0. The molecular formula is C10H6F3N5. The number of H-pyrrole nitrogens is 1. The Morgan fingerprint density at radius 1 is 1.17 bits per heavy atom. The summed E-state index contributed by atoms with van der Waals surface area (Å²) in [4.78, 5) is 7.71. The molecule has 0 aliphatic carbocycles. The molecule has 8 heteroatoms. The van der Waals surface area contributed by atoms with Gasteiger partial charge < -0.3 is 4.98 Å². The van der Waals surface area contributed by atoms with E-state index in [2.05, 4.69) is 20.2 Å². The second kappa shape index (κ2) is 3.56. The molecule has 0 atom stereocenters. The van der Waals surface area contributed by atoms with Gasteiger partial charge in [-0.25, -0.2) is 4.98 Å². The predicted molar refractivity (Wildman–Crippen MR) is 56.0 cm³/mol. The number of aromatic amines is 1. The lowest BCUT2D eigenvalue weighted by Crippen LogP contribution is -2.07. The maximum atomic E-state index is 12.6. The molecule has 2 aromatic heterocycles. The fourth-order valence-electron chi connectivity index (χ4n) is 1.56. The maximum Gasteiger partial charge on any atom is 0.416 e. The highest BCUT2D eigenvalue weighted by atomic mass is 19.4. The molecule has 0 aliphatic heterocycles. The standard InChI is InChI=1S/C10H6F3N5/c11-10(12,13)6-2-1-3-7(4-6)18-16-8-9(17-18)15-5-14-8/h1-5H,(H,14,15,16,17). The highest BCUT2D eigenvalue weighted by Crippen LogP contribution is 2.30. The third kappa shape index (κ3) is 1.71. The van der Waals surface area contributed by atoms with Gasteiger partial charge in [0.2, 0.25) is 11.3 Å². The van der Waals surface area contributed by atoms with Crippen LogP contribution in [0.15, 0.2) is 30.6 Å².